The van der Waals surface area contributed by atoms with E-state index in [0.29, 0.717) is 16.7 Å². The summed E-state index contributed by atoms with van der Waals surface area (Å²) in [5, 5.41) is 8.97. The number of carbonyl (C=O) groups excluding carboxylic acids is 2. The number of rotatable bonds is 6. The van der Waals surface area contributed by atoms with Crippen molar-refractivity contribution < 1.29 is 40.7 Å². The van der Waals surface area contributed by atoms with E-state index in [0.717, 1.165) is 0 Å². The van der Waals surface area contributed by atoms with Crippen molar-refractivity contribution in [2.24, 2.45) is 13.0 Å². The van der Waals surface area contributed by atoms with Gasteiger partial charge in [-0.3, -0.25) is 9.48 Å². The summed E-state index contributed by atoms with van der Waals surface area (Å²) in [7, 11) is 1.61. The van der Waals surface area contributed by atoms with Crippen molar-refractivity contribution in [3.8, 4) is 0 Å². The molecule has 3 aromatic rings. The van der Waals surface area contributed by atoms with Gasteiger partial charge in [0, 0.05) is 39.3 Å². The maximum Gasteiger partial charge on any atom is 0.410 e. The lowest BCUT2D eigenvalue weighted by atomic mass is 9.81. The van der Waals surface area contributed by atoms with E-state index >= 15 is 0 Å². The smallest absolute Gasteiger partial charge is 0.410 e. The van der Waals surface area contributed by atoms with E-state index in [1.165, 1.54) is 21.8 Å². The molecule has 0 radical (unpaired) electrons. The molecule has 15 heteroatoms. The Hall–Kier alpha value is -3.75. The number of alkyl halides is 5. The molecule has 3 aliphatic rings. The van der Waals surface area contributed by atoms with Gasteiger partial charge in [-0.25, -0.2) is 18.6 Å². The second-order valence-electron chi connectivity index (χ2n) is 11.5. The molecule has 2 atom stereocenters. The van der Waals surface area contributed by atoms with Gasteiger partial charge in [-0.2, -0.15) is 18.3 Å². The average molecular weight is 611 g/mol. The molecule has 43 heavy (non-hydrogen) atoms. The van der Waals surface area contributed by atoms with Gasteiger partial charge in [-0.1, -0.05) is 6.07 Å². The van der Waals surface area contributed by atoms with E-state index in [9.17, 15) is 31.5 Å². The predicted octanol–water partition coefficient (Wildman–Crippen LogP) is 4.82. The Morgan fingerprint density at radius 3 is 2.49 bits per heavy atom. The highest BCUT2D eigenvalue weighted by atomic mass is 19.4. The zero-order valence-electron chi connectivity index (χ0n) is 23.3. The second-order valence-corrected chi connectivity index (χ2v) is 11.5. The fourth-order valence-corrected chi connectivity index (χ4v) is 6.47. The number of urea groups is 1. The molecule has 2 N–H and O–H groups in total. The molecule has 0 bridgehead atoms. The second kappa shape index (κ2) is 10.8. The van der Waals surface area contributed by atoms with Crippen LogP contribution in [-0.2, 0) is 17.3 Å². The first-order valence-corrected chi connectivity index (χ1v) is 14.2. The topological polar surface area (TPSA) is 115 Å². The summed E-state index contributed by atoms with van der Waals surface area (Å²) < 4.78 is 81.5. The van der Waals surface area contributed by atoms with Gasteiger partial charge in [0.15, 0.2) is 5.58 Å². The number of halogens is 5. The van der Waals surface area contributed by atoms with E-state index in [1.54, 1.807) is 25.2 Å². The lowest BCUT2D eigenvalue weighted by Gasteiger charge is -2.44. The van der Waals surface area contributed by atoms with E-state index in [2.05, 4.69) is 20.7 Å². The Labute approximate surface area is 242 Å². The fraction of sp³-hybridized carbons (Fsp3) is 0.571. The number of nitrogens with one attached hydrogen (secondary N) is 2. The number of fused-ring (bicyclic) bond motifs is 1. The van der Waals surface area contributed by atoms with Gasteiger partial charge in [0.25, 0.3) is 5.91 Å². The van der Waals surface area contributed by atoms with Crippen LogP contribution < -0.4 is 10.6 Å². The normalized spacial score (nSPS) is 23.3. The SMILES string of the molecule is Cn1nccc1C(=O)NC(c1nc2cc(C3(N4CC(C(F)(F)F)NC4=O)CCOCC3)ccc2o1)C1CCC(F)(F)CC1. The molecule has 1 saturated carbocycles. The summed E-state index contributed by atoms with van der Waals surface area (Å²) in [5.41, 5.74) is 0.491. The quantitative estimate of drug-likeness (QED) is 0.387. The van der Waals surface area contributed by atoms with Crippen molar-refractivity contribution in [3.05, 3.63) is 47.6 Å². The molecular formula is C28H31F5N6O4. The van der Waals surface area contributed by atoms with Gasteiger partial charge in [0.1, 0.15) is 23.3 Å². The number of carbonyl (C=O) groups is 2. The van der Waals surface area contributed by atoms with E-state index in [1.807, 2.05) is 0 Å². The number of nitrogens with zero attached hydrogens (tertiary/aromatic N) is 4. The first-order chi connectivity index (χ1) is 20.4. The lowest BCUT2D eigenvalue weighted by Crippen LogP contribution is -2.51. The van der Waals surface area contributed by atoms with Gasteiger partial charge >= 0.3 is 12.2 Å². The van der Waals surface area contributed by atoms with Crippen LogP contribution in [0.1, 0.15) is 66.5 Å². The van der Waals surface area contributed by atoms with E-state index in [-0.39, 0.29) is 69.2 Å². The Morgan fingerprint density at radius 1 is 1.14 bits per heavy atom. The van der Waals surface area contributed by atoms with Crippen LogP contribution in [0.4, 0.5) is 26.7 Å². The maximum absolute atomic E-state index is 14.0. The predicted molar refractivity (Wildman–Crippen MR) is 141 cm³/mol. The molecule has 1 aliphatic carbocycles. The summed E-state index contributed by atoms with van der Waals surface area (Å²) in [6.45, 7) is -0.0487. The van der Waals surface area contributed by atoms with Crippen LogP contribution in [0.2, 0.25) is 0 Å². The van der Waals surface area contributed by atoms with Crippen molar-refractivity contribution in [2.75, 3.05) is 19.8 Å². The summed E-state index contributed by atoms with van der Waals surface area (Å²) >= 11 is 0. The molecule has 2 aromatic heterocycles. The minimum absolute atomic E-state index is 0.134. The van der Waals surface area contributed by atoms with Crippen LogP contribution in [0.5, 0.6) is 0 Å². The summed E-state index contributed by atoms with van der Waals surface area (Å²) in [4.78, 5) is 31.9. The monoisotopic (exact) mass is 610 g/mol. The van der Waals surface area contributed by atoms with Crippen LogP contribution in [0, 0.1) is 5.92 Å². The third kappa shape index (κ3) is 5.54. The maximum atomic E-state index is 14.0. The number of amides is 3. The first kappa shape index (κ1) is 29.3. The molecule has 3 fully saturated rings. The van der Waals surface area contributed by atoms with E-state index < -0.39 is 48.2 Å². The van der Waals surface area contributed by atoms with Crippen LogP contribution in [0.3, 0.4) is 0 Å². The zero-order valence-corrected chi connectivity index (χ0v) is 23.3. The highest BCUT2D eigenvalue weighted by molar-refractivity contribution is 5.92. The fourth-order valence-electron chi connectivity index (χ4n) is 6.47. The Morgan fingerprint density at radius 2 is 1.86 bits per heavy atom. The molecule has 0 spiro atoms. The van der Waals surface area contributed by atoms with Crippen LogP contribution in [0.15, 0.2) is 34.9 Å². The molecule has 1 aromatic carbocycles. The van der Waals surface area contributed by atoms with Crippen LogP contribution in [0.25, 0.3) is 11.1 Å². The van der Waals surface area contributed by atoms with Crippen molar-refractivity contribution in [3.63, 3.8) is 0 Å². The Kier molecular flexibility index (Phi) is 7.33. The largest absolute Gasteiger partial charge is 0.438 e. The molecule has 2 unspecified atom stereocenters. The summed E-state index contributed by atoms with van der Waals surface area (Å²) in [6, 6.07) is 2.92. The standard InChI is InChI=1S/C28H31F5N6O4/c1-38-19(6-11-34-38)23(40)37-22(16-4-7-27(29,30)8-5-16)24-35-18-14-17(2-3-20(18)43-24)26(9-12-42-13-10-26)39-15-21(28(31,32)33)36-25(39)41/h2-3,6,11,14,16,21-22H,4-5,7-10,12-13,15H2,1H3,(H,36,41)(H,37,40). The number of aromatic nitrogens is 3. The number of ether oxygens (including phenoxy) is 1. The van der Waals surface area contributed by atoms with Crippen LogP contribution in [-0.4, -0.2) is 69.5 Å². The number of hydrogen-bond acceptors (Lipinski definition) is 6. The Bertz CT molecular complexity index is 1500. The molecule has 10 nitrogen and oxygen atoms in total. The summed E-state index contributed by atoms with van der Waals surface area (Å²) in [5.74, 6) is -3.49. The van der Waals surface area contributed by atoms with Crippen molar-refractivity contribution >= 4 is 23.0 Å². The van der Waals surface area contributed by atoms with Gasteiger partial charge in [-0.15, -0.1) is 0 Å². The first-order valence-electron chi connectivity index (χ1n) is 14.2. The minimum atomic E-state index is -4.60. The number of hydrogen-bond donors (Lipinski definition) is 2. The van der Waals surface area contributed by atoms with Gasteiger partial charge in [-0.05, 0) is 55.4 Å². The van der Waals surface area contributed by atoms with Crippen LogP contribution >= 0.6 is 0 Å². The highest BCUT2D eigenvalue weighted by Gasteiger charge is 2.53. The molecule has 3 amide bonds. The van der Waals surface area contributed by atoms with Gasteiger partial charge < -0.3 is 24.7 Å². The van der Waals surface area contributed by atoms with Crippen molar-refractivity contribution in [1.82, 2.24) is 30.3 Å². The minimum Gasteiger partial charge on any atom is -0.438 e. The van der Waals surface area contributed by atoms with Gasteiger partial charge in [0.05, 0.1) is 12.1 Å². The van der Waals surface area contributed by atoms with Crippen molar-refractivity contribution in [2.45, 2.75) is 68.2 Å². The number of oxazole rings is 1. The molecule has 2 saturated heterocycles. The lowest BCUT2D eigenvalue weighted by molar-refractivity contribution is -0.151. The highest BCUT2D eigenvalue weighted by Crippen LogP contribution is 2.44. The third-order valence-corrected chi connectivity index (χ3v) is 8.92. The molecular weight excluding hydrogens is 579 g/mol. The van der Waals surface area contributed by atoms with Crippen molar-refractivity contribution in [1.29, 1.82) is 0 Å². The molecule has 2 aliphatic heterocycles. The number of aryl methyl sites for hydroxylation is 1. The number of benzene rings is 1. The van der Waals surface area contributed by atoms with E-state index in [4.69, 9.17) is 9.15 Å². The molecule has 6 rings (SSSR count). The third-order valence-electron chi connectivity index (χ3n) is 8.92. The molecule has 4 heterocycles. The zero-order chi connectivity index (χ0) is 30.6. The summed E-state index contributed by atoms with van der Waals surface area (Å²) in [6.07, 6.45) is -2.96. The average Bonchev–Trinajstić information content (AvgIpc) is 3.69. The Balaban J connectivity index is 1.34. The van der Waals surface area contributed by atoms with Gasteiger partial charge in [0.2, 0.25) is 11.8 Å². The molecule has 232 valence electrons.